The quantitative estimate of drug-likeness (QED) is 0.778. The minimum Gasteiger partial charge on any atom is -0.295 e. The number of H-pyrrole nitrogens is 1. The fraction of sp³-hybridized carbons (Fsp3) is 0.556. The van der Waals surface area contributed by atoms with Crippen LogP contribution in [0.4, 0.5) is 4.39 Å². The van der Waals surface area contributed by atoms with Gasteiger partial charge >= 0.3 is 5.69 Å². The molecule has 0 atom stereocenters. The molecule has 1 N–H and O–H groups in total. The first-order valence-corrected chi connectivity index (χ1v) is 5.15. The fourth-order valence-electron chi connectivity index (χ4n) is 1.62. The monoisotopic (exact) mass is 232 g/mol. The van der Waals surface area contributed by atoms with Crippen LogP contribution >= 0.6 is 11.6 Å². The number of halogens is 2. The molecule has 0 amide bonds. The first kappa shape index (κ1) is 10.4. The van der Waals surface area contributed by atoms with Gasteiger partial charge in [0.2, 0.25) is 5.82 Å². The van der Waals surface area contributed by atoms with Crippen molar-refractivity contribution in [2.75, 3.05) is 0 Å². The van der Waals surface area contributed by atoms with E-state index in [1.165, 1.54) is 0 Å². The molecule has 0 spiro atoms. The molecule has 1 heterocycles. The first-order valence-electron chi connectivity index (χ1n) is 4.77. The van der Waals surface area contributed by atoms with Crippen molar-refractivity contribution >= 4 is 11.6 Å². The van der Waals surface area contributed by atoms with E-state index in [1.54, 1.807) is 0 Å². The minimum absolute atomic E-state index is 0.280. The molecule has 1 saturated carbocycles. The molecular formula is C9H10ClFN2O2. The van der Waals surface area contributed by atoms with Gasteiger partial charge in [-0.2, -0.15) is 4.39 Å². The minimum atomic E-state index is -1.09. The van der Waals surface area contributed by atoms with Crippen LogP contribution in [-0.2, 0) is 6.54 Å². The van der Waals surface area contributed by atoms with Gasteiger partial charge in [-0.25, -0.2) is 4.79 Å². The number of nitrogens with one attached hydrogen (secondary N) is 1. The van der Waals surface area contributed by atoms with Crippen molar-refractivity contribution in [1.29, 1.82) is 0 Å². The average Bonchev–Trinajstić information content (AvgIpc) is 2.11. The lowest BCUT2D eigenvalue weighted by molar-refractivity contribution is 0.267. The normalized spacial score (nSPS) is 16.4. The molecule has 0 unspecified atom stereocenters. The third-order valence-corrected chi connectivity index (χ3v) is 3.01. The van der Waals surface area contributed by atoms with E-state index in [0.717, 1.165) is 23.8 Å². The molecule has 1 fully saturated rings. The predicted octanol–water partition coefficient (Wildman–Crippen LogP) is 1.13. The van der Waals surface area contributed by atoms with Crippen molar-refractivity contribution in [3.8, 4) is 0 Å². The third-order valence-electron chi connectivity index (χ3n) is 2.75. The molecule has 0 aromatic carbocycles. The van der Waals surface area contributed by atoms with Crippen LogP contribution in [0.1, 0.15) is 19.3 Å². The zero-order chi connectivity index (χ0) is 11.0. The van der Waals surface area contributed by atoms with Gasteiger partial charge in [0.25, 0.3) is 5.56 Å². The van der Waals surface area contributed by atoms with E-state index in [-0.39, 0.29) is 6.54 Å². The topological polar surface area (TPSA) is 54.9 Å². The van der Waals surface area contributed by atoms with Gasteiger partial charge in [-0.15, -0.1) is 0 Å². The van der Waals surface area contributed by atoms with Gasteiger partial charge in [0.15, 0.2) is 5.15 Å². The van der Waals surface area contributed by atoms with E-state index in [1.807, 2.05) is 0 Å². The van der Waals surface area contributed by atoms with Crippen LogP contribution in [0.25, 0.3) is 0 Å². The standard InChI is InChI=1S/C9H10ClFN2O2/c10-7-6(11)8(14)13(9(15)12-7)4-5-2-1-3-5/h5H,1-4H2,(H,12,15). The van der Waals surface area contributed by atoms with E-state index in [4.69, 9.17) is 11.6 Å². The Morgan fingerprint density at radius 3 is 2.67 bits per heavy atom. The summed E-state index contributed by atoms with van der Waals surface area (Å²) in [5.41, 5.74) is -1.58. The second-order valence-corrected chi connectivity index (χ2v) is 4.15. The van der Waals surface area contributed by atoms with Gasteiger partial charge in [0.05, 0.1) is 0 Å². The summed E-state index contributed by atoms with van der Waals surface area (Å²) in [4.78, 5) is 24.8. The Morgan fingerprint density at radius 1 is 1.47 bits per heavy atom. The van der Waals surface area contributed by atoms with E-state index in [0.29, 0.717) is 5.92 Å². The van der Waals surface area contributed by atoms with Crippen LogP contribution in [0.5, 0.6) is 0 Å². The maximum Gasteiger partial charge on any atom is 0.329 e. The number of rotatable bonds is 2. The van der Waals surface area contributed by atoms with E-state index in [2.05, 4.69) is 4.98 Å². The average molecular weight is 233 g/mol. The summed E-state index contributed by atoms with van der Waals surface area (Å²) < 4.78 is 14.0. The lowest BCUT2D eigenvalue weighted by Gasteiger charge is -2.25. The van der Waals surface area contributed by atoms with Crippen LogP contribution in [0.2, 0.25) is 5.15 Å². The summed E-state index contributed by atoms with van der Waals surface area (Å²) in [6.45, 7) is 0.280. The largest absolute Gasteiger partial charge is 0.329 e. The number of aromatic amines is 1. The zero-order valence-corrected chi connectivity index (χ0v) is 8.68. The first-order chi connectivity index (χ1) is 7.09. The molecule has 0 saturated heterocycles. The van der Waals surface area contributed by atoms with Crippen molar-refractivity contribution in [1.82, 2.24) is 9.55 Å². The van der Waals surface area contributed by atoms with Gasteiger partial charge in [-0.3, -0.25) is 14.3 Å². The van der Waals surface area contributed by atoms with Crippen molar-refractivity contribution in [2.45, 2.75) is 25.8 Å². The second kappa shape index (κ2) is 3.81. The molecule has 0 aliphatic heterocycles. The Hall–Kier alpha value is -1.10. The Morgan fingerprint density at radius 2 is 2.13 bits per heavy atom. The lowest BCUT2D eigenvalue weighted by atomic mass is 9.85. The Bertz CT molecular complexity index is 490. The molecule has 82 valence electrons. The number of hydrogen-bond donors (Lipinski definition) is 1. The number of nitrogens with zero attached hydrogens (tertiary/aromatic N) is 1. The van der Waals surface area contributed by atoms with E-state index >= 15 is 0 Å². The van der Waals surface area contributed by atoms with Crippen LogP contribution in [0, 0.1) is 11.7 Å². The fourth-order valence-corrected chi connectivity index (χ4v) is 1.78. The molecule has 1 aromatic rings. The van der Waals surface area contributed by atoms with E-state index in [9.17, 15) is 14.0 Å². The Labute approximate surface area is 89.7 Å². The van der Waals surface area contributed by atoms with Crippen LogP contribution < -0.4 is 11.2 Å². The molecular weight excluding hydrogens is 223 g/mol. The van der Waals surface area contributed by atoms with Gasteiger partial charge in [0.1, 0.15) is 0 Å². The van der Waals surface area contributed by atoms with E-state index < -0.39 is 22.2 Å². The summed E-state index contributed by atoms with van der Waals surface area (Å²) in [6, 6.07) is 0. The smallest absolute Gasteiger partial charge is 0.295 e. The van der Waals surface area contributed by atoms with Gasteiger partial charge < -0.3 is 0 Å². The summed E-state index contributed by atoms with van der Waals surface area (Å²) in [5, 5.41) is -0.519. The van der Waals surface area contributed by atoms with Crippen molar-refractivity contribution < 1.29 is 4.39 Å². The molecule has 1 aromatic heterocycles. The third kappa shape index (κ3) is 1.84. The molecule has 1 aliphatic rings. The highest BCUT2D eigenvalue weighted by atomic mass is 35.5. The highest BCUT2D eigenvalue weighted by Gasteiger charge is 2.21. The molecule has 6 heteroatoms. The molecule has 2 rings (SSSR count). The number of aromatic nitrogens is 2. The Balaban J connectivity index is 2.41. The van der Waals surface area contributed by atoms with Gasteiger partial charge in [-0.05, 0) is 18.8 Å². The highest BCUT2D eigenvalue weighted by Crippen LogP contribution is 2.26. The van der Waals surface area contributed by atoms with Crippen LogP contribution in [0.3, 0.4) is 0 Å². The van der Waals surface area contributed by atoms with Crippen LogP contribution in [-0.4, -0.2) is 9.55 Å². The summed E-state index contributed by atoms with van der Waals surface area (Å²) >= 11 is 5.33. The zero-order valence-electron chi connectivity index (χ0n) is 7.93. The molecule has 0 bridgehead atoms. The van der Waals surface area contributed by atoms with Crippen molar-refractivity contribution in [2.24, 2.45) is 5.92 Å². The van der Waals surface area contributed by atoms with Gasteiger partial charge in [-0.1, -0.05) is 18.0 Å². The molecule has 1 aliphatic carbocycles. The maximum atomic E-state index is 13.1. The highest BCUT2D eigenvalue weighted by molar-refractivity contribution is 6.29. The van der Waals surface area contributed by atoms with Crippen molar-refractivity contribution in [3.05, 3.63) is 31.8 Å². The summed E-state index contributed by atoms with van der Waals surface area (Å²) in [6.07, 6.45) is 3.07. The van der Waals surface area contributed by atoms with Gasteiger partial charge in [0, 0.05) is 6.54 Å². The van der Waals surface area contributed by atoms with Crippen molar-refractivity contribution in [3.63, 3.8) is 0 Å². The summed E-state index contributed by atoms with van der Waals surface area (Å²) in [7, 11) is 0. The molecule has 0 radical (unpaired) electrons. The second-order valence-electron chi connectivity index (χ2n) is 3.77. The maximum absolute atomic E-state index is 13.1. The van der Waals surface area contributed by atoms with Crippen LogP contribution in [0.15, 0.2) is 9.59 Å². The molecule has 15 heavy (non-hydrogen) atoms. The number of hydrogen-bond acceptors (Lipinski definition) is 2. The predicted molar refractivity (Wildman–Crippen MR) is 53.6 cm³/mol. The summed E-state index contributed by atoms with van der Waals surface area (Å²) in [5.74, 6) is -0.778. The lowest BCUT2D eigenvalue weighted by Crippen LogP contribution is -2.40. The molecule has 4 nitrogen and oxygen atoms in total. The SMILES string of the molecule is O=c1[nH]c(Cl)c(F)c(=O)n1CC1CCC1. The Kier molecular flexibility index (Phi) is 2.65.